The molecule has 0 spiro atoms. The van der Waals surface area contributed by atoms with Gasteiger partial charge in [0.1, 0.15) is 9.40 Å². The van der Waals surface area contributed by atoms with E-state index >= 15 is 0 Å². The van der Waals surface area contributed by atoms with Crippen molar-refractivity contribution in [2.75, 3.05) is 6.26 Å². The van der Waals surface area contributed by atoms with Gasteiger partial charge in [-0.1, -0.05) is 0 Å². The van der Waals surface area contributed by atoms with Gasteiger partial charge in [-0.05, 0) is 31.0 Å². The molecule has 0 atom stereocenters. The minimum absolute atomic E-state index is 0.703. The van der Waals surface area contributed by atoms with Gasteiger partial charge in [-0.25, -0.2) is 0 Å². The number of aliphatic imine (C=N–C) groups is 1. The average Bonchev–Trinajstić information content (AvgIpc) is 2.50. The number of nitriles is 1. The summed E-state index contributed by atoms with van der Waals surface area (Å²) in [5.74, 6) is 0. The Morgan fingerprint density at radius 2 is 2.54 bits per heavy atom. The zero-order valence-electron chi connectivity index (χ0n) is 7.24. The van der Waals surface area contributed by atoms with Gasteiger partial charge >= 0.3 is 0 Å². The maximum atomic E-state index is 8.36. The van der Waals surface area contributed by atoms with Gasteiger partial charge in [0.25, 0.3) is 0 Å². The summed E-state index contributed by atoms with van der Waals surface area (Å²) < 4.78 is 0.703. The highest BCUT2D eigenvalue weighted by atomic mass is 32.2. The Balaban J connectivity index is 2.68. The first-order valence-electron chi connectivity index (χ1n) is 3.47. The first-order chi connectivity index (χ1) is 6.26. The van der Waals surface area contributed by atoms with Crippen LogP contribution in [0.15, 0.2) is 16.1 Å². The molecule has 0 amide bonds. The van der Waals surface area contributed by atoms with E-state index in [1.54, 1.807) is 6.19 Å². The maximum absolute atomic E-state index is 8.36. The fourth-order valence-corrected chi connectivity index (χ4v) is 2.00. The number of hydrogen-bond acceptors (Lipinski definition) is 5. The lowest BCUT2D eigenvalue weighted by Crippen LogP contribution is -1.83. The Morgan fingerprint density at radius 3 is 3.00 bits per heavy atom. The predicted molar refractivity (Wildman–Crippen MR) is 55.7 cm³/mol. The number of nitrogens with zero attached hydrogens (tertiary/aromatic N) is 3. The van der Waals surface area contributed by atoms with Crippen molar-refractivity contribution in [2.45, 2.75) is 11.9 Å². The predicted octanol–water partition coefficient (Wildman–Crippen LogP) is 2.01. The molecular weight excluding hydrogens is 204 g/mol. The fourth-order valence-electron chi connectivity index (χ4n) is 0.686. The molecule has 0 fully saturated rings. The summed E-state index contributed by atoms with van der Waals surface area (Å²) in [6.45, 7) is 1.93. The fraction of sp³-hybridized carbons (Fsp3) is 0.286. The lowest BCUT2D eigenvalue weighted by atomic mass is 10.5. The molecule has 13 heavy (non-hydrogen) atoms. The van der Waals surface area contributed by atoms with E-state index in [0.29, 0.717) is 4.38 Å². The molecule has 0 saturated carbocycles. The van der Waals surface area contributed by atoms with Crippen LogP contribution in [0.5, 0.6) is 0 Å². The number of nitrogens with one attached hydrogen (secondary N) is 1. The summed E-state index contributed by atoms with van der Waals surface area (Å²) in [5.41, 5.74) is 1.000. The molecule has 1 aromatic heterocycles. The van der Waals surface area contributed by atoms with Crippen molar-refractivity contribution in [1.29, 1.82) is 5.26 Å². The van der Waals surface area contributed by atoms with Gasteiger partial charge in [0, 0.05) is 5.69 Å². The monoisotopic (exact) mass is 212 g/mol. The van der Waals surface area contributed by atoms with Crippen LogP contribution in [0.2, 0.25) is 0 Å². The first-order valence-corrected chi connectivity index (χ1v) is 5.51. The molecule has 0 radical (unpaired) electrons. The molecule has 0 aliphatic heterocycles. The minimum Gasteiger partial charge on any atom is -0.282 e. The summed E-state index contributed by atoms with van der Waals surface area (Å²) in [6.07, 6.45) is 3.63. The zero-order chi connectivity index (χ0) is 9.68. The third-order valence-electron chi connectivity index (χ3n) is 1.19. The summed E-state index contributed by atoms with van der Waals surface area (Å²) in [7, 11) is 0. The van der Waals surface area contributed by atoms with Crippen LogP contribution >= 0.6 is 23.5 Å². The van der Waals surface area contributed by atoms with Crippen molar-refractivity contribution in [2.24, 2.45) is 4.99 Å². The van der Waals surface area contributed by atoms with Crippen molar-refractivity contribution < 1.29 is 0 Å². The summed E-state index contributed by atoms with van der Waals surface area (Å²) in [5, 5.41) is 16.0. The SMILES string of the molecule is CSC(=NC#N)Sc1cc(C)[nH]n1. The number of aryl methyl sites for hydroxylation is 1. The molecule has 1 rings (SSSR count). The normalized spacial score (nSPS) is 11.3. The van der Waals surface area contributed by atoms with Gasteiger partial charge in [-0.2, -0.15) is 15.4 Å². The van der Waals surface area contributed by atoms with E-state index in [2.05, 4.69) is 15.2 Å². The van der Waals surface area contributed by atoms with Gasteiger partial charge in [0.2, 0.25) is 6.19 Å². The highest BCUT2D eigenvalue weighted by molar-refractivity contribution is 8.38. The third-order valence-corrected chi connectivity index (χ3v) is 3.06. The molecule has 0 bridgehead atoms. The number of rotatable bonds is 1. The second kappa shape index (κ2) is 4.94. The second-order valence-corrected chi connectivity index (χ2v) is 4.24. The van der Waals surface area contributed by atoms with E-state index in [9.17, 15) is 0 Å². The van der Waals surface area contributed by atoms with Crippen molar-refractivity contribution in [3.05, 3.63) is 11.8 Å². The van der Waals surface area contributed by atoms with E-state index in [-0.39, 0.29) is 0 Å². The first kappa shape index (κ1) is 10.2. The third kappa shape index (κ3) is 3.13. The Kier molecular flexibility index (Phi) is 3.86. The number of aromatic nitrogens is 2. The Bertz CT molecular complexity index is 350. The van der Waals surface area contributed by atoms with Crippen LogP contribution in [0.1, 0.15) is 5.69 Å². The van der Waals surface area contributed by atoms with Crippen molar-refractivity contribution in [3.63, 3.8) is 0 Å². The molecule has 6 heteroatoms. The topological polar surface area (TPSA) is 64.8 Å². The Morgan fingerprint density at radius 1 is 1.77 bits per heavy atom. The summed E-state index contributed by atoms with van der Waals surface area (Å²) in [4.78, 5) is 3.64. The minimum atomic E-state index is 0.703. The van der Waals surface area contributed by atoms with Gasteiger partial charge in [-0.3, -0.25) is 5.10 Å². The van der Waals surface area contributed by atoms with Crippen LogP contribution in [-0.2, 0) is 0 Å². The summed E-state index contributed by atoms with van der Waals surface area (Å²) in [6, 6.07) is 1.91. The molecule has 0 aliphatic carbocycles. The van der Waals surface area contributed by atoms with E-state index in [0.717, 1.165) is 10.7 Å². The van der Waals surface area contributed by atoms with Crippen LogP contribution in [0.3, 0.4) is 0 Å². The molecule has 1 N–H and O–H groups in total. The molecule has 1 aromatic rings. The lowest BCUT2D eigenvalue weighted by molar-refractivity contribution is 0.984. The lowest BCUT2D eigenvalue weighted by Gasteiger charge is -1.94. The smallest absolute Gasteiger partial charge is 0.207 e. The Hall–Kier alpha value is -0.930. The van der Waals surface area contributed by atoms with E-state index in [1.807, 2.05) is 19.2 Å². The molecule has 0 saturated heterocycles. The van der Waals surface area contributed by atoms with Crippen molar-refractivity contribution in [1.82, 2.24) is 10.2 Å². The van der Waals surface area contributed by atoms with Crippen LogP contribution in [-0.4, -0.2) is 20.8 Å². The van der Waals surface area contributed by atoms with Crippen LogP contribution in [0.25, 0.3) is 0 Å². The van der Waals surface area contributed by atoms with E-state index in [1.165, 1.54) is 23.5 Å². The van der Waals surface area contributed by atoms with Crippen LogP contribution in [0.4, 0.5) is 0 Å². The quantitative estimate of drug-likeness (QED) is 0.335. The van der Waals surface area contributed by atoms with E-state index in [4.69, 9.17) is 5.26 Å². The largest absolute Gasteiger partial charge is 0.282 e. The molecule has 4 nitrogen and oxygen atoms in total. The standard InChI is InChI=1S/C7H8N4S2/c1-5-3-6(11-10-5)13-7(12-2)9-4-8/h3H,1-2H3,(H,10,11). The van der Waals surface area contributed by atoms with Crippen molar-refractivity contribution in [3.8, 4) is 6.19 Å². The number of thioether (sulfide) groups is 2. The number of hydrogen-bond donors (Lipinski definition) is 1. The van der Waals surface area contributed by atoms with Gasteiger partial charge in [-0.15, -0.1) is 11.8 Å². The Labute approximate surface area is 84.8 Å². The van der Waals surface area contributed by atoms with Crippen molar-refractivity contribution >= 4 is 27.9 Å². The van der Waals surface area contributed by atoms with Gasteiger partial charge in [0.15, 0.2) is 0 Å². The van der Waals surface area contributed by atoms with E-state index < -0.39 is 0 Å². The van der Waals surface area contributed by atoms with Gasteiger partial charge < -0.3 is 0 Å². The number of H-pyrrole nitrogens is 1. The second-order valence-electron chi connectivity index (χ2n) is 2.17. The zero-order valence-corrected chi connectivity index (χ0v) is 8.87. The molecule has 0 aromatic carbocycles. The van der Waals surface area contributed by atoms with Crippen LogP contribution < -0.4 is 0 Å². The molecule has 0 unspecified atom stereocenters. The molecular formula is C7H8N4S2. The average molecular weight is 212 g/mol. The summed E-state index contributed by atoms with van der Waals surface area (Å²) >= 11 is 2.82. The number of aromatic amines is 1. The van der Waals surface area contributed by atoms with Gasteiger partial charge in [0.05, 0.1) is 0 Å². The molecule has 1 heterocycles. The molecule has 68 valence electrons. The maximum Gasteiger partial charge on any atom is 0.207 e. The highest BCUT2D eigenvalue weighted by Gasteiger charge is 2.03. The molecule has 0 aliphatic rings. The highest BCUT2D eigenvalue weighted by Crippen LogP contribution is 2.22. The van der Waals surface area contributed by atoms with Crippen LogP contribution in [0, 0.1) is 18.4 Å².